The predicted octanol–water partition coefficient (Wildman–Crippen LogP) is 4.43. The van der Waals surface area contributed by atoms with Gasteiger partial charge in [-0.25, -0.2) is 14.8 Å². The van der Waals surface area contributed by atoms with Crippen molar-refractivity contribution in [2.45, 2.75) is 46.8 Å². The molecule has 0 N–H and O–H groups in total. The highest BCUT2D eigenvalue weighted by Crippen LogP contribution is 2.30. The molecule has 3 aromatic heterocycles. The average molecular weight is 371 g/mol. The monoisotopic (exact) mass is 371 g/mol. The van der Waals surface area contributed by atoms with Gasteiger partial charge in [-0.1, -0.05) is 0 Å². The smallest absolute Gasteiger partial charge is 0.350 e. The van der Waals surface area contributed by atoms with E-state index in [4.69, 9.17) is 4.74 Å². The number of carbonyl (C=O) groups excluding carboxylic acids is 2. The van der Waals surface area contributed by atoms with Gasteiger partial charge in [0, 0.05) is 12.2 Å². The number of aldehydes is 1. The summed E-state index contributed by atoms with van der Waals surface area (Å²) < 4.78 is 7.29. The summed E-state index contributed by atoms with van der Waals surface area (Å²) in [5, 5.41) is 0.634. The Kier molecular flexibility index (Phi) is 4.91. The first-order chi connectivity index (χ1) is 12.3. The summed E-state index contributed by atoms with van der Waals surface area (Å²) in [5.41, 5.74) is 3.35. The maximum Gasteiger partial charge on any atom is 0.350 e. The van der Waals surface area contributed by atoms with Crippen LogP contribution in [0.2, 0.25) is 0 Å². The van der Waals surface area contributed by atoms with Crippen LogP contribution in [-0.4, -0.2) is 32.9 Å². The molecule has 0 bridgehead atoms. The van der Waals surface area contributed by atoms with Crippen LogP contribution < -0.4 is 0 Å². The lowest BCUT2D eigenvalue weighted by molar-refractivity contribution is 0.0382. The van der Waals surface area contributed by atoms with Crippen LogP contribution in [-0.2, 0) is 4.74 Å². The number of hydrogen-bond donors (Lipinski definition) is 0. The molecule has 3 rings (SSSR count). The maximum atomic E-state index is 12.2. The number of carbonyl (C=O) groups is 2. The molecule has 6 nitrogen and oxygen atoms in total. The first kappa shape index (κ1) is 18.3. The van der Waals surface area contributed by atoms with Crippen molar-refractivity contribution < 1.29 is 14.3 Å². The van der Waals surface area contributed by atoms with E-state index in [0.717, 1.165) is 11.8 Å². The van der Waals surface area contributed by atoms with E-state index in [1.807, 2.05) is 36.7 Å². The summed E-state index contributed by atoms with van der Waals surface area (Å²) in [7, 11) is 0. The van der Waals surface area contributed by atoms with Gasteiger partial charge in [0.25, 0.3) is 0 Å². The van der Waals surface area contributed by atoms with Crippen molar-refractivity contribution in [3.05, 3.63) is 34.5 Å². The molecule has 0 unspecified atom stereocenters. The fourth-order valence-electron chi connectivity index (χ4n) is 2.75. The summed E-state index contributed by atoms with van der Waals surface area (Å²) in [6.07, 6.45) is 2.45. The maximum absolute atomic E-state index is 12.2. The molecule has 0 aliphatic carbocycles. The Morgan fingerprint density at radius 2 is 1.96 bits per heavy atom. The molecule has 0 aliphatic heterocycles. The highest BCUT2D eigenvalue weighted by molar-refractivity contribution is 7.17. The Morgan fingerprint density at radius 3 is 2.58 bits per heavy atom. The van der Waals surface area contributed by atoms with Gasteiger partial charge in [0.05, 0.1) is 34.1 Å². The lowest BCUT2D eigenvalue weighted by Crippen LogP contribution is -2.11. The zero-order valence-corrected chi connectivity index (χ0v) is 16.3. The summed E-state index contributed by atoms with van der Waals surface area (Å²) in [5.74, 6) is -0.373. The summed E-state index contributed by atoms with van der Waals surface area (Å²) in [4.78, 5) is 33.2. The van der Waals surface area contributed by atoms with Crippen molar-refractivity contribution in [2.75, 3.05) is 0 Å². The minimum Gasteiger partial charge on any atom is -0.459 e. The number of hydrogen-bond acceptors (Lipinski definition) is 6. The molecule has 0 saturated heterocycles. The average Bonchev–Trinajstić information content (AvgIpc) is 3.14. The van der Waals surface area contributed by atoms with Crippen LogP contribution in [0.4, 0.5) is 0 Å². The molecule has 7 heteroatoms. The number of thiazole rings is 1. The van der Waals surface area contributed by atoms with Crippen LogP contribution >= 0.6 is 11.3 Å². The van der Waals surface area contributed by atoms with Gasteiger partial charge in [0.15, 0.2) is 6.29 Å². The van der Waals surface area contributed by atoms with Crippen LogP contribution in [0, 0.1) is 6.92 Å². The van der Waals surface area contributed by atoms with Crippen molar-refractivity contribution in [3.8, 4) is 10.7 Å². The third-order valence-electron chi connectivity index (χ3n) is 3.93. The number of rotatable bonds is 5. The highest BCUT2D eigenvalue weighted by atomic mass is 32.1. The van der Waals surface area contributed by atoms with Crippen LogP contribution in [0.3, 0.4) is 0 Å². The quantitative estimate of drug-likeness (QED) is 0.490. The number of esters is 1. The second-order valence-corrected chi connectivity index (χ2v) is 7.65. The van der Waals surface area contributed by atoms with Gasteiger partial charge in [-0.15, -0.1) is 11.3 Å². The summed E-state index contributed by atoms with van der Waals surface area (Å²) >= 11 is 1.25. The number of ether oxygens (including phenoxy) is 1. The van der Waals surface area contributed by atoms with Gasteiger partial charge in [-0.05, 0) is 46.8 Å². The Hall–Kier alpha value is -2.54. The molecule has 0 fully saturated rings. The lowest BCUT2D eigenvalue weighted by atomic mass is 10.2. The Balaban J connectivity index is 2.06. The molecular formula is C19H21N3O3S. The Morgan fingerprint density at radius 1 is 1.23 bits per heavy atom. The molecule has 3 heterocycles. The van der Waals surface area contributed by atoms with E-state index in [1.54, 1.807) is 6.92 Å². The van der Waals surface area contributed by atoms with Gasteiger partial charge in [-0.2, -0.15) is 0 Å². The van der Waals surface area contributed by atoms with Gasteiger partial charge in [0.2, 0.25) is 0 Å². The Bertz CT molecular complexity index is 985. The molecule has 0 aromatic carbocycles. The fourth-order valence-corrected chi connectivity index (χ4v) is 3.67. The van der Waals surface area contributed by atoms with E-state index in [9.17, 15) is 9.59 Å². The minimum atomic E-state index is -0.373. The minimum absolute atomic E-state index is 0.187. The van der Waals surface area contributed by atoms with Crippen molar-refractivity contribution in [2.24, 2.45) is 0 Å². The standard InChI is InChI=1S/C19H21N3O3S/c1-10(2)22-8-13(9-23)16-15(22)7-6-14(21-16)18-20-12(5)17(26-18)19(24)25-11(3)4/h6-11H,1-5H3. The van der Waals surface area contributed by atoms with E-state index in [1.165, 1.54) is 11.3 Å². The van der Waals surface area contributed by atoms with Crippen LogP contribution in [0.15, 0.2) is 18.3 Å². The summed E-state index contributed by atoms with van der Waals surface area (Å²) in [6, 6.07) is 4.03. The molecule has 0 radical (unpaired) electrons. The normalized spacial score (nSPS) is 11.5. The van der Waals surface area contributed by atoms with E-state index < -0.39 is 0 Å². The molecule has 136 valence electrons. The van der Waals surface area contributed by atoms with E-state index in [0.29, 0.717) is 32.4 Å². The number of nitrogens with zero attached hydrogens (tertiary/aromatic N) is 3. The van der Waals surface area contributed by atoms with Gasteiger partial charge >= 0.3 is 5.97 Å². The third-order valence-corrected chi connectivity index (χ3v) is 5.09. The van der Waals surface area contributed by atoms with E-state index >= 15 is 0 Å². The third kappa shape index (κ3) is 3.26. The molecule has 26 heavy (non-hydrogen) atoms. The molecule has 0 amide bonds. The van der Waals surface area contributed by atoms with Crippen LogP contribution in [0.1, 0.15) is 59.5 Å². The largest absolute Gasteiger partial charge is 0.459 e. The Labute approximate surface area is 155 Å². The molecule has 3 aromatic rings. The zero-order chi connectivity index (χ0) is 19.0. The lowest BCUT2D eigenvalue weighted by Gasteiger charge is -2.08. The van der Waals surface area contributed by atoms with Gasteiger partial charge < -0.3 is 9.30 Å². The number of fused-ring (bicyclic) bond motifs is 1. The molecule has 0 atom stereocenters. The molecule has 0 saturated carbocycles. The first-order valence-electron chi connectivity index (χ1n) is 8.47. The van der Waals surface area contributed by atoms with Crippen molar-refractivity contribution in [3.63, 3.8) is 0 Å². The van der Waals surface area contributed by atoms with E-state index in [2.05, 4.69) is 23.8 Å². The second-order valence-electron chi connectivity index (χ2n) is 6.66. The van der Waals surface area contributed by atoms with Crippen LogP contribution in [0.5, 0.6) is 0 Å². The second kappa shape index (κ2) is 6.99. The fraction of sp³-hybridized carbons (Fsp3) is 0.368. The molecule has 0 spiro atoms. The van der Waals surface area contributed by atoms with Crippen molar-refractivity contribution >= 4 is 34.6 Å². The first-order valence-corrected chi connectivity index (χ1v) is 9.29. The topological polar surface area (TPSA) is 74.1 Å². The highest BCUT2D eigenvalue weighted by Gasteiger charge is 2.20. The SMILES string of the molecule is Cc1nc(-c2ccc3c(n2)c(C=O)cn3C(C)C)sc1C(=O)OC(C)C. The van der Waals surface area contributed by atoms with Crippen molar-refractivity contribution in [1.82, 2.24) is 14.5 Å². The molecular weight excluding hydrogens is 350 g/mol. The van der Waals surface area contributed by atoms with E-state index in [-0.39, 0.29) is 18.1 Å². The number of aryl methyl sites for hydroxylation is 1. The van der Waals surface area contributed by atoms with Gasteiger partial charge in [-0.3, -0.25) is 4.79 Å². The van der Waals surface area contributed by atoms with Crippen molar-refractivity contribution in [1.29, 1.82) is 0 Å². The predicted molar refractivity (Wildman–Crippen MR) is 102 cm³/mol. The van der Waals surface area contributed by atoms with Crippen LogP contribution in [0.25, 0.3) is 21.7 Å². The number of aromatic nitrogens is 3. The van der Waals surface area contributed by atoms with Gasteiger partial charge in [0.1, 0.15) is 9.88 Å². The number of pyridine rings is 1. The molecule has 0 aliphatic rings. The summed E-state index contributed by atoms with van der Waals surface area (Å²) in [6.45, 7) is 9.51. The zero-order valence-electron chi connectivity index (χ0n) is 15.4.